The Kier molecular flexibility index (Phi) is 5.99. The molecular formula is C15H24N2O5S. The maximum atomic E-state index is 11.3. The van der Waals surface area contributed by atoms with Crippen molar-refractivity contribution in [2.45, 2.75) is 32.2 Å². The number of aliphatic hydroxyl groups excluding tert-OH is 2. The van der Waals surface area contributed by atoms with Crippen molar-refractivity contribution in [3.63, 3.8) is 0 Å². The highest BCUT2D eigenvalue weighted by molar-refractivity contribution is 7.88. The molecule has 1 heterocycles. The molecule has 1 aromatic rings. The summed E-state index contributed by atoms with van der Waals surface area (Å²) in [6, 6.07) is 5.11. The molecule has 0 amide bonds. The predicted molar refractivity (Wildman–Crippen MR) is 86.6 cm³/mol. The van der Waals surface area contributed by atoms with E-state index >= 15 is 0 Å². The summed E-state index contributed by atoms with van der Waals surface area (Å²) in [5, 5.41) is 19.4. The first kappa shape index (κ1) is 18.2. The van der Waals surface area contributed by atoms with Crippen molar-refractivity contribution in [3.8, 4) is 5.75 Å². The van der Waals surface area contributed by atoms with Gasteiger partial charge in [0.15, 0.2) is 0 Å². The van der Waals surface area contributed by atoms with Gasteiger partial charge >= 0.3 is 0 Å². The molecule has 0 radical (unpaired) electrons. The summed E-state index contributed by atoms with van der Waals surface area (Å²) in [6.45, 7) is 3.71. The summed E-state index contributed by atoms with van der Waals surface area (Å²) in [5.41, 5.74) is 1.69. The van der Waals surface area contributed by atoms with Gasteiger partial charge in [-0.15, -0.1) is 0 Å². The molecular weight excluding hydrogens is 320 g/mol. The Morgan fingerprint density at radius 3 is 2.74 bits per heavy atom. The van der Waals surface area contributed by atoms with E-state index in [-0.39, 0.29) is 6.61 Å². The fraction of sp³-hybridized carbons (Fsp3) is 0.600. The molecule has 0 unspecified atom stereocenters. The zero-order chi connectivity index (χ0) is 17.0. The number of benzene rings is 1. The Bertz CT molecular complexity index is 635. The third-order valence-electron chi connectivity index (χ3n) is 3.73. The summed E-state index contributed by atoms with van der Waals surface area (Å²) in [5.74, 6) is 0.664. The standard InChI is InChI=1S/C15H24N2O5S/c1-3-22-15-5-4-11(6-12(15)10-18)7-17-8-13(14(19)9-17)16-23(2,20)21/h4-6,13-14,16,18-19H,3,7-10H2,1-2H3/t13-,14-/m1/s1. The van der Waals surface area contributed by atoms with Gasteiger partial charge in [0.2, 0.25) is 10.0 Å². The fourth-order valence-electron chi connectivity index (χ4n) is 2.80. The lowest BCUT2D eigenvalue weighted by molar-refractivity contribution is 0.160. The summed E-state index contributed by atoms with van der Waals surface area (Å²) in [4.78, 5) is 1.98. The Hall–Kier alpha value is -1.19. The normalized spacial score (nSPS) is 22.4. The number of nitrogens with one attached hydrogen (secondary N) is 1. The van der Waals surface area contributed by atoms with E-state index in [1.807, 2.05) is 30.0 Å². The van der Waals surface area contributed by atoms with E-state index < -0.39 is 22.2 Å². The lowest BCUT2D eigenvalue weighted by atomic mass is 10.1. The molecule has 0 spiro atoms. The van der Waals surface area contributed by atoms with Gasteiger partial charge in [-0.2, -0.15) is 0 Å². The largest absolute Gasteiger partial charge is 0.494 e. The average Bonchev–Trinajstić information content (AvgIpc) is 2.78. The quantitative estimate of drug-likeness (QED) is 0.627. The number of ether oxygens (including phenoxy) is 1. The minimum absolute atomic E-state index is 0.107. The van der Waals surface area contributed by atoms with Crippen LogP contribution in [0.1, 0.15) is 18.1 Å². The summed E-state index contributed by atoms with van der Waals surface area (Å²) in [7, 11) is -3.35. The van der Waals surface area contributed by atoms with Gasteiger partial charge in [-0.25, -0.2) is 13.1 Å². The minimum atomic E-state index is -3.35. The van der Waals surface area contributed by atoms with Crippen molar-refractivity contribution >= 4 is 10.0 Å². The van der Waals surface area contributed by atoms with Crippen LogP contribution in [0.4, 0.5) is 0 Å². The van der Waals surface area contributed by atoms with Crippen molar-refractivity contribution in [2.24, 2.45) is 0 Å². The second-order valence-electron chi connectivity index (χ2n) is 5.79. The topological polar surface area (TPSA) is 99.1 Å². The number of likely N-dealkylation sites (tertiary alicyclic amines) is 1. The highest BCUT2D eigenvalue weighted by atomic mass is 32.2. The van der Waals surface area contributed by atoms with Gasteiger partial charge < -0.3 is 14.9 Å². The van der Waals surface area contributed by atoms with Gasteiger partial charge in [0, 0.05) is 25.2 Å². The second kappa shape index (κ2) is 7.59. The van der Waals surface area contributed by atoms with E-state index in [0.29, 0.717) is 32.0 Å². The Balaban J connectivity index is 2.03. The number of aliphatic hydroxyl groups is 2. The average molecular weight is 344 g/mol. The first-order chi connectivity index (χ1) is 10.8. The molecule has 7 nitrogen and oxygen atoms in total. The maximum Gasteiger partial charge on any atom is 0.209 e. The van der Waals surface area contributed by atoms with Crippen LogP contribution in [-0.4, -0.2) is 61.6 Å². The molecule has 0 bridgehead atoms. The molecule has 8 heteroatoms. The van der Waals surface area contributed by atoms with Crippen LogP contribution in [0.25, 0.3) is 0 Å². The molecule has 1 aromatic carbocycles. The van der Waals surface area contributed by atoms with Gasteiger partial charge in [0.05, 0.1) is 31.6 Å². The van der Waals surface area contributed by atoms with E-state index in [2.05, 4.69) is 4.72 Å². The predicted octanol–water partition coefficient (Wildman–Crippen LogP) is -0.328. The van der Waals surface area contributed by atoms with Crippen molar-refractivity contribution in [1.82, 2.24) is 9.62 Å². The minimum Gasteiger partial charge on any atom is -0.494 e. The fourth-order valence-corrected chi connectivity index (χ4v) is 3.58. The van der Waals surface area contributed by atoms with Crippen LogP contribution in [0.5, 0.6) is 5.75 Å². The van der Waals surface area contributed by atoms with Gasteiger partial charge in [-0.3, -0.25) is 4.90 Å². The van der Waals surface area contributed by atoms with Crippen LogP contribution >= 0.6 is 0 Å². The van der Waals surface area contributed by atoms with E-state index in [4.69, 9.17) is 4.74 Å². The van der Waals surface area contributed by atoms with Gasteiger partial charge in [-0.1, -0.05) is 6.07 Å². The van der Waals surface area contributed by atoms with Crippen LogP contribution in [0.3, 0.4) is 0 Å². The van der Waals surface area contributed by atoms with Crippen molar-refractivity contribution in [1.29, 1.82) is 0 Å². The SMILES string of the molecule is CCOc1ccc(CN2C[C@@H](O)[C@H](NS(C)(=O)=O)C2)cc1CO. The van der Waals surface area contributed by atoms with Crippen LogP contribution in [0, 0.1) is 0 Å². The lowest BCUT2D eigenvalue weighted by Crippen LogP contribution is -2.42. The molecule has 1 fully saturated rings. The van der Waals surface area contributed by atoms with Gasteiger partial charge in [-0.05, 0) is 24.6 Å². The molecule has 0 aromatic heterocycles. The third-order valence-corrected chi connectivity index (χ3v) is 4.46. The van der Waals surface area contributed by atoms with Gasteiger partial charge in [0.25, 0.3) is 0 Å². The van der Waals surface area contributed by atoms with Gasteiger partial charge in [0.1, 0.15) is 5.75 Å². The molecule has 0 saturated carbocycles. The zero-order valence-electron chi connectivity index (χ0n) is 13.4. The van der Waals surface area contributed by atoms with E-state index in [1.165, 1.54) is 0 Å². The summed E-state index contributed by atoms with van der Waals surface area (Å²) in [6.07, 6.45) is 0.354. The number of hydrogen-bond acceptors (Lipinski definition) is 6. The molecule has 1 saturated heterocycles. The first-order valence-electron chi connectivity index (χ1n) is 7.55. The smallest absolute Gasteiger partial charge is 0.209 e. The molecule has 0 aliphatic carbocycles. The maximum absolute atomic E-state index is 11.3. The molecule has 130 valence electrons. The van der Waals surface area contributed by atoms with E-state index in [9.17, 15) is 18.6 Å². The van der Waals surface area contributed by atoms with Crippen LogP contribution < -0.4 is 9.46 Å². The molecule has 1 aliphatic heterocycles. The third kappa shape index (κ3) is 5.15. The van der Waals surface area contributed by atoms with Crippen molar-refractivity contribution < 1.29 is 23.4 Å². The van der Waals surface area contributed by atoms with Crippen molar-refractivity contribution in [2.75, 3.05) is 26.0 Å². The van der Waals surface area contributed by atoms with Crippen molar-refractivity contribution in [3.05, 3.63) is 29.3 Å². The number of rotatable bonds is 7. The monoisotopic (exact) mass is 344 g/mol. The second-order valence-corrected chi connectivity index (χ2v) is 7.57. The van der Waals surface area contributed by atoms with E-state index in [0.717, 1.165) is 17.4 Å². The number of hydrogen-bond donors (Lipinski definition) is 3. The Labute approximate surface area is 136 Å². The highest BCUT2D eigenvalue weighted by Gasteiger charge is 2.33. The molecule has 23 heavy (non-hydrogen) atoms. The number of nitrogens with zero attached hydrogens (tertiary/aromatic N) is 1. The highest BCUT2D eigenvalue weighted by Crippen LogP contribution is 2.22. The van der Waals surface area contributed by atoms with Crippen LogP contribution in [0.15, 0.2) is 18.2 Å². The number of β-amino-alcohol motifs (C(OH)–C–C–N with tert-alkyl or cyclic N) is 1. The van der Waals surface area contributed by atoms with E-state index in [1.54, 1.807) is 0 Å². The Morgan fingerprint density at radius 2 is 2.13 bits per heavy atom. The molecule has 2 atom stereocenters. The Morgan fingerprint density at radius 1 is 1.39 bits per heavy atom. The number of sulfonamides is 1. The lowest BCUT2D eigenvalue weighted by Gasteiger charge is -2.17. The van der Waals surface area contributed by atoms with Crippen LogP contribution in [0.2, 0.25) is 0 Å². The first-order valence-corrected chi connectivity index (χ1v) is 9.44. The molecule has 3 N–H and O–H groups in total. The summed E-state index contributed by atoms with van der Waals surface area (Å²) >= 11 is 0. The molecule has 2 rings (SSSR count). The summed E-state index contributed by atoms with van der Waals surface area (Å²) < 4.78 is 30.5. The van der Waals surface area contributed by atoms with Crippen LogP contribution in [-0.2, 0) is 23.2 Å². The molecule has 1 aliphatic rings. The zero-order valence-corrected chi connectivity index (χ0v) is 14.2.